The molecule has 0 aliphatic heterocycles. The van der Waals surface area contributed by atoms with E-state index in [1.54, 1.807) is 7.11 Å². The first kappa shape index (κ1) is 14.8. The standard InChI is InChI=1S/C15H15BrN2OS/c1-9-3-4-10(16)7-13(9)18-14-8-11(19-2)5-6-12(14)15(17)20/h3-8,18H,1-2H3,(H2,17,20). The Balaban J connectivity index is 2.45. The van der Waals surface area contributed by atoms with Crippen molar-refractivity contribution in [3.05, 3.63) is 52.0 Å². The Morgan fingerprint density at radius 1 is 1.20 bits per heavy atom. The maximum Gasteiger partial charge on any atom is 0.120 e. The van der Waals surface area contributed by atoms with Crippen LogP contribution in [0.15, 0.2) is 40.9 Å². The Bertz CT molecular complexity index is 658. The van der Waals surface area contributed by atoms with Crippen molar-refractivity contribution < 1.29 is 4.74 Å². The molecule has 0 aliphatic rings. The molecular formula is C15H15BrN2OS. The molecule has 0 heterocycles. The number of hydrogen-bond donors (Lipinski definition) is 2. The molecule has 104 valence electrons. The summed E-state index contributed by atoms with van der Waals surface area (Å²) in [5, 5.41) is 3.36. The number of ether oxygens (including phenoxy) is 1. The number of aryl methyl sites for hydroxylation is 1. The molecule has 0 aromatic heterocycles. The van der Waals surface area contributed by atoms with E-state index >= 15 is 0 Å². The van der Waals surface area contributed by atoms with E-state index in [9.17, 15) is 0 Å². The maximum absolute atomic E-state index is 5.77. The molecule has 0 fully saturated rings. The van der Waals surface area contributed by atoms with Crippen LogP contribution < -0.4 is 15.8 Å². The molecule has 20 heavy (non-hydrogen) atoms. The van der Waals surface area contributed by atoms with Gasteiger partial charge in [0, 0.05) is 21.8 Å². The fraction of sp³-hybridized carbons (Fsp3) is 0.133. The van der Waals surface area contributed by atoms with Gasteiger partial charge in [-0.25, -0.2) is 0 Å². The molecule has 0 unspecified atom stereocenters. The monoisotopic (exact) mass is 350 g/mol. The predicted molar refractivity (Wildman–Crippen MR) is 91.0 cm³/mol. The van der Waals surface area contributed by atoms with Gasteiger partial charge in [-0.05, 0) is 36.8 Å². The quantitative estimate of drug-likeness (QED) is 0.813. The lowest BCUT2D eigenvalue weighted by Crippen LogP contribution is -2.12. The van der Waals surface area contributed by atoms with Crippen molar-refractivity contribution >= 4 is 44.5 Å². The topological polar surface area (TPSA) is 47.3 Å². The maximum atomic E-state index is 5.77. The summed E-state index contributed by atoms with van der Waals surface area (Å²) < 4.78 is 6.25. The molecule has 0 saturated carbocycles. The molecule has 2 rings (SSSR count). The van der Waals surface area contributed by atoms with E-state index in [0.29, 0.717) is 4.99 Å². The number of anilines is 2. The summed E-state index contributed by atoms with van der Waals surface area (Å²) in [4.78, 5) is 0.350. The highest BCUT2D eigenvalue weighted by Gasteiger charge is 2.09. The summed E-state index contributed by atoms with van der Waals surface area (Å²) in [7, 11) is 1.63. The van der Waals surface area contributed by atoms with E-state index < -0.39 is 0 Å². The Morgan fingerprint density at radius 3 is 2.60 bits per heavy atom. The van der Waals surface area contributed by atoms with E-state index in [1.165, 1.54) is 0 Å². The molecule has 0 saturated heterocycles. The van der Waals surface area contributed by atoms with Crippen LogP contribution in [-0.2, 0) is 0 Å². The average Bonchev–Trinajstić information content (AvgIpc) is 2.42. The minimum Gasteiger partial charge on any atom is -0.497 e. The van der Waals surface area contributed by atoms with Gasteiger partial charge in [0.15, 0.2) is 0 Å². The van der Waals surface area contributed by atoms with Gasteiger partial charge in [0.05, 0.1) is 12.8 Å². The summed E-state index contributed by atoms with van der Waals surface area (Å²) in [5.74, 6) is 0.750. The van der Waals surface area contributed by atoms with Crippen molar-refractivity contribution in [1.82, 2.24) is 0 Å². The fourth-order valence-corrected chi connectivity index (χ4v) is 2.38. The zero-order valence-electron chi connectivity index (χ0n) is 11.2. The van der Waals surface area contributed by atoms with Gasteiger partial charge in [0.1, 0.15) is 10.7 Å². The lowest BCUT2D eigenvalue weighted by molar-refractivity contribution is 0.415. The number of rotatable bonds is 4. The smallest absolute Gasteiger partial charge is 0.120 e. The number of methoxy groups -OCH3 is 1. The van der Waals surface area contributed by atoms with E-state index in [0.717, 1.165) is 32.7 Å². The third kappa shape index (κ3) is 3.29. The molecule has 2 aromatic rings. The Hall–Kier alpha value is -1.59. The molecule has 3 N–H and O–H groups in total. The lowest BCUT2D eigenvalue weighted by atomic mass is 10.1. The van der Waals surface area contributed by atoms with Crippen LogP contribution in [0.5, 0.6) is 5.75 Å². The summed E-state index contributed by atoms with van der Waals surface area (Å²) in [5.41, 5.74) is 9.51. The second-order valence-corrected chi connectivity index (χ2v) is 5.72. The van der Waals surface area contributed by atoms with Crippen LogP contribution in [0.3, 0.4) is 0 Å². The highest BCUT2D eigenvalue weighted by Crippen LogP contribution is 2.29. The average molecular weight is 351 g/mol. The number of nitrogens with one attached hydrogen (secondary N) is 1. The van der Waals surface area contributed by atoms with Crippen LogP contribution in [-0.4, -0.2) is 12.1 Å². The number of halogens is 1. The van der Waals surface area contributed by atoms with Crippen molar-refractivity contribution in [2.24, 2.45) is 5.73 Å². The van der Waals surface area contributed by atoms with Crippen molar-refractivity contribution in [2.45, 2.75) is 6.92 Å². The van der Waals surface area contributed by atoms with Crippen LogP contribution in [0, 0.1) is 6.92 Å². The summed E-state index contributed by atoms with van der Waals surface area (Å²) in [6.07, 6.45) is 0. The molecular weight excluding hydrogens is 336 g/mol. The molecule has 0 radical (unpaired) electrons. The van der Waals surface area contributed by atoms with Gasteiger partial charge in [-0.2, -0.15) is 0 Å². The fourth-order valence-electron chi connectivity index (χ4n) is 1.84. The van der Waals surface area contributed by atoms with E-state index in [2.05, 4.69) is 21.2 Å². The third-order valence-corrected chi connectivity index (χ3v) is 3.67. The van der Waals surface area contributed by atoms with Crippen LogP contribution in [0.1, 0.15) is 11.1 Å². The molecule has 0 spiro atoms. The molecule has 5 heteroatoms. The summed E-state index contributed by atoms with van der Waals surface area (Å²) in [6.45, 7) is 2.04. The predicted octanol–water partition coefficient (Wildman–Crippen LogP) is 4.14. The SMILES string of the molecule is COc1ccc(C(N)=S)c(Nc2cc(Br)ccc2C)c1. The Labute approximate surface area is 132 Å². The van der Waals surface area contributed by atoms with Gasteiger partial charge in [-0.3, -0.25) is 0 Å². The van der Waals surface area contributed by atoms with Crippen LogP contribution >= 0.6 is 28.1 Å². The number of thiocarbonyl (C=S) groups is 1. The summed E-state index contributed by atoms with van der Waals surface area (Å²) >= 11 is 8.56. The number of nitrogens with two attached hydrogens (primary N) is 1. The largest absolute Gasteiger partial charge is 0.497 e. The van der Waals surface area contributed by atoms with Gasteiger partial charge < -0.3 is 15.8 Å². The van der Waals surface area contributed by atoms with Crippen LogP contribution in [0.4, 0.5) is 11.4 Å². The molecule has 0 amide bonds. The number of hydrogen-bond acceptors (Lipinski definition) is 3. The van der Waals surface area contributed by atoms with Crippen LogP contribution in [0.2, 0.25) is 0 Å². The lowest BCUT2D eigenvalue weighted by Gasteiger charge is -2.15. The van der Waals surface area contributed by atoms with Gasteiger partial charge >= 0.3 is 0 Å². The molecule has 0 atom stereocenters. The summed E-state index contributed by atoms with van der Waals surface area (Å²) in [6, 6.07) is 11.6. The first-order valence-electron chi connectivity index (χ1n) is 6.02. The van der Waals surface area contributed by atoms with Gasteiger partial charge in [-0.1, -0.05) is 34.2 Å². The van der Waals surface area contributed by atoms with Gasteiger partial charge in [0.2, 0.25) is 0 Å². The van der Waals surface area contributed by atoms with Crippen LogP contribution in [0.25, 0.3) is 0 Å². The zero-order chi connectivity index (χ0) is 14.7. The third-order valence-electron chi connectivity index (χ3n) is 2.96. The van der Waals surface area contributed by atoms with Crippen molar-refractivity contribution in [1.29, 1.82) is 0 Å². The minimum atomic E-state index is 0.350. The van der Waals surface area contributed by atoms with Crippen molar-refractivity contribution in [3.8, 4) is 5.75 Å². The van der Waals surface area contributed by atoms with Crippen molar-refractivity contribution in [3.63, 3.8) is 0 Å². The number of benzene rings is 2. The molecule has 2 aromatic carbocycles. The Morgan fingerprint density at radius 2 is 1.95 bits per heavy atom. The van der Waals surface area contributed by atoms with Gasteiger partial charge in [0.25, 0.3) is 0 Å². The minimum absolute atomic E-state index is 0.350. The van der Waals surface area contributed by atoms with E-state index in [-0.39, 0.29) is 0 Å². The van der Waals surface area contributed by atoms with E-state index in [4.69, 9.17) is 22.7 Å². The normalized spacial score (nSPS) is 10.2. The zero-order valence-corrected chi connectivity index (χ0v) is 13.6. The highest BCUT2D eigenvalue weighted by atomic mass is 79.9. The second-order valence-electron chi connectivity index (χ2n) is 4.36. The molecule has 0 bridgehead atoms. The Kier molecular flexibility index (Phi) is 4.62. The van der Waals surface area contributed by atoms with E-state index in [1.807, 2.05) is 43.3 Å². The van der Waals surface area contributed by atoms with Gasteiger partial charge in [-0.15, -0.1) is 0 Å². The molecule has 3 nitrogen and oxygen atoms in total. The van der Waals surface area contributed by atoms with Crippen molar-refractivity contribution in [2.75, 3.05) is 12.4 Å². The second kappa shape index (κ2) is 6.24. The molecule has 0 aliphatic carbocycles. The highest BCUT2D eigenvalue weighted by molar-refractivity contribution is 9.10. The first-order valence-corrected chi connectivity index (χ1v) is 7.22. The first-order chi connectivity index (χ1) is 9.51.